The molecule has 0 unspecified atom stereocenters. The van der Waals surface area contributed by atoms with Crippen molar-refractivity contribution in [2.45, 2.75) is 20.3 Å². The normalized spacial score (nSPS) is 11.1. The van der Waals surface area contributed by atoms with Gasteiger partial charge in [0.05, 0.1) is 19.8 Å². The summed E-state index contributed by atoms with van der Waals surface area (Å²) in [4.78, 5) is 0. The minimum Gasteiger partial charge on any atom is -0.379 e. The smallest absolute Gasteiger partial charge is 0.0701 e. The van der Waals surface area contributed by atoms with Crippen LogP contribution in [0.15, 0.2) is 0 Å². The number of rotatable bonds is 10. The zero-order valence-corrected chi connectivity index (χ0v) is 10.2. The lowest BCUT2D eigenvalue weighted by Gasteiger charge is -2.07. The fourth-order valence-electron chi connectivity index (χ4n) is 0.864. The molecule has 0 aliphatic carbocycles. The average Bonchev–Trinajstić information content (AvgIpc) is 2.15. The van der Waals surface area contributed by atoms with Gasteiger partial charge in [-0.1, -0.05) is 13.8 Å². The summed E-state index contributed by atoms with van der Waals surface area (Å²) in [6.07, 6.45) is 1.13. The van der Waals surface area contributed by atoms with Gasteiger partial charge in [0.25, 0.3) is 0 Å². The molecule has 3 nitrogen and oxygen atoms in total. The van der Waals surface area contributed by atoms with Crippen LogP contribution in [0.1, 0.15) is 20.3 Å². The highest BCUT2D eigenvalue weighted by Crippen LogP contribution is 1.98. The van der Waals surface area contributed by atoms with E-state index in [1.54, 1.807) is 0 Å². The summed E-state index contributed by atoms with van der Waals surface area (Å²) in [6, 6.07) is 0. The Morgan fingerprint density at radius 2 is 1.71 bits per heavy atom. The molecule has 0 amide bonds. The Morgan fingerprint density at radius 3 is 2.29 bits per heavy atom. The van der Waals surface area contributed by atoms with E-state index in [0.717, 1.165) is 32.1 Å². The summed E-state index contributed by atoms with van der Waals surface area (Å²) in [5.41, 5.74) is 0. The largest absolute Gasteiger partial charge is 0.379 e. The second-order valence-electron chi connectivity index (χ2n) is 3.57. The van der Waals surface area contributed by atoms with Crippen LogP contribution in [0.3, 0.4) is 0 Å². The van der Waals surface area contributed by atoms with Gasteiger partial charge in [0.15, 0.2) is 0 Å². The maximum atomic E-state index is 5.39. The van der Waals surface area contributed by atoms with E-state index in [-0.39, 0.29) is 0 Å². The minimum atomic E-state index is 0.687. The minimum absolute atomic E-state index is 0.687. The van der Waals surface area contributed by atoms with Crippen molar-refractivity contribution in [3.63, 3.8) is 0 Å². The Kier molecular flexibility index (Phi) is 11.5. The van der Waals surface area contributed by atoms with E-state index in [2.05, 4.69) is 31.8 Å². The van der Waals surface area contributed by atoms with E-state index in [4.69, 9.17) is 9.47 Å². The standard InChI is InChI=1S/C10H23NO2S/c1-10(2)3-5-12-7-8-13-6-4-11-9-14/h10-11,14H,3-9H2,1-2H3. The summed E-state index contributed by atoms with van der Waals surface area (Å²) >= 11 is 4.02. The van der Waals surface area contributed by atoms with Crippen LogP contribution < -0.4 is 5.32 Å². The van der Waals surface area contributed by atoms with Crippen molar-refractivity contribution in [1.29, 1.82) is 0 Å². The SMILES string of the molecule is CC(C)CCOCCOCCNCS. The van der Waals surface area contributed by atoms with Crippen molar-refractivity contribution in [3.05, 3.63) is 0 Å². The van der Waals surface area contributed by atoms with Crippen molar-refractivity contribution >= 4 is 12.6 Å². The average molecular weight is 221 g/mol. The number of hydrogen-bond acceptors (Lipinski definition) is 4. The topological polar surface area (TPSA) is 30.5 Å². The Balaban J connectivity index is 2.85. The molecule has 0 heterocycles. The lowest BCUT2D eigenvalue weighted by Crippen LogP contribution is -2.19. The first-order chi connectivity index (χ1) is 6.77. The molecular weight excluding hydrogens is 198 g/mol. The van der Waals surface area contributed by atoms with Crippen LogP contribution in [-0.4, -0.2) is 38.8 Å². The van der Waals surface area contributed by atoms with Gasteiger partial charge in [-0.15, -0.1) is 0 Å². The van der Waals surface area contributed by atoms with Gasteiger partial charge in [0.1, 0.15) is 0 Å². The fraction of sp³-hybridized carbons (Fsp3) is 1.00. The number of ether oxygens (including phenoxy) is 2. The molecule has 86 valence electrons. The quantitative estimate of drug-likeness (QED) is 0.333. The van der Waals surface area contributed by atoms with E-state index in [1.807, 2.05) is 0 Å². The van der Waals surface area contributed by atoms with Crippen molar-refractivity contribution in [3.8, 4) is 0 Å². The maximum absolute atomic E-state index is 5.39. The molecule has 0 atom stereocenters. The summed E-state index contributed by atoms with van der Waals surface area (Å²) in [7, 11) is 0. The van der Waals surface area contributed by atoms with Crippen LogP contribution in [0.25, 0.3) is 0 Å². The Morgan fingerprint density at radius 1 is 1.07 bits per heavy atom. The molecule has 4 heteroatoms. The zero-order chi connectivity index (χ0) is 10.6. The Labute approximate surface area is 93.0 Å². The van der Waals surface area contributed by atoms with Crippen LogP contribution in [0.4, 0.5) is 0 Å². The van der Waals surface area contributed by atoms with Crippen molar-refractivity contribution in [2.24, 2.45) is 5.92 Å². The lowest BCUT2D eigenvalue weighted by atomic mass is 10.1. The molecule has 0 aliphatic rings. The van der Waals surface area contributed by atoms with Gasteiger partial charge in [0, 0.05) is 19.0 Å². The number of hydrogen-bond donors (Lipinski definition) is 2. The second kappa shape index (κ2) is 11.3. The third-order valence-corrected chi connectivity index (χ3v) is 1.97. The van der Waals surface area contributed by atoms with E-state index in [1.165, 1.54) is 0 Å². The fourth-order valence-corrected chi connectivity index (χ4v) is 1.02. The Bertz CT molecular complexity index is 112. The molecule has 0 aromatic heterocycles. The molecule has 0 rings (SSSR count). The van der Waals surface area contributed by atoms with E-state index in [9.17, 15) is 0 Å². The number of thiol groups is 1. The molecule has 0 aromatic carbocycles. The van der Waals surface area contributed by atoms with E-state index in [0.29, 0.717) is 19.1 Å². The molecule has 0 aromatic rings. The molecule has 14 heavy (non-hydrogen) atoms. The van der Waals surface area contributed by atoms with Crippen LogP contribution in [0.5, 0.6) is 0 Å². The third kappa shape index (κ3) is 12.2. The molecular formula is C10H23NO2S. The molecule has 0 bridgehead atoms. The first-order valence-corrected chi connectivity index (χ1v) is 5.87. The van der Waals surface area contributed by atoms with Gasteiger partial charge in [-0.25, -0.2) is 0 Å². The Hall–Kier alpha value is 0.230. The highest BCUT2D eigenvalue weighted by molar-refractivity contribution is 7.80. The second-order valence-corrected chi connectivity index (χ2v) is 3.88. The van der Waals surface area contributed by atoms with Gasteiger partial charge in [-0.2, -0.15) is 12.6 Å². The lowest BCUT2D eigenvalue weighted by molar-refractivity contribution is 0.0453. The zero-order valence-electron chi connectivity index (χ0n) is 9.29. The van der Waals surface area contributed by atoms with Gasteiger partial charge in [0.2, 0.25) is 0 Å². The molecule has 0 aliphatic heterocycles. The molecule has 0 radical (unpaired) electrons. The van der Waals surface area contributed by atoms with Gasteiger partial charge < -0.3 is 14.8 Å². The molecule has 1 N–H and O–H groups in total. The molecule has 0 spiro atoms. The monoisotopic (exact) mass is 221 g/mol. The van der Waals surface area contributed by atoms with Crippen LogP contribution in [-0.2, 0) is 9.47 Å². The van der Waals surface area contributed by atoms with Gasteiger partial charge >= 0.3 is 0 Å². The maximum Gasteiger partial charge on any atom is 0.0701 e. The van der Waals surface area contributed by atoms with Crippen molar-refractivity contribution in [1.82, 2.24) is 5.32 Å². The highest BCUT2D eigenvalue weighted by atomic mass is 32.1. The first kappa shape index (κ1) is 14.2. The van der Waals surface area contributed by atoms with Gasteiger partial charge in [-0.05, 0) is 12.3 Å². The van der Waals surface area contributed by atoms with Crippen molar-refractivity contribution < 1.29 is 9.47 Å². The molecule has 0 saturated heterocycles. The first-order valence-electron chi connectivity index (χ1n) is 5.24. The summed E-state index contributed by atoms with van der Waals surface area (Å²) in [6.45, 7) is 8.21. The predicted molar refractivity (Wildman–Crippen MR) is 62.9 cm³/mol. The number of nitrogens with one attached hydrogen (secondary N) is 1. The van der Waals surface area contributed by atoms with Crippen LogP contribution in [0, 0.1) is 5.92 Å². The van der Waals surface area contributed by atoms with E-state index < -0.39 is 0 Å². The van der Waals surface area contributed by atoms with Crippen LogP contribution >= 0.6 is 12.6 Å². The molecule has 0 fully saturated rings. The summed E-state index contributed by atoms with van der Waals surface area (Å²) in [5, 5.41) is 3.06. The van der Waals surface area contributed by atoms with E-state index >= 15 is 0 Å². The van der Waals surface area contributed by atoms with Crippen molar-refractivity contribution in [2.75, 3.05) is 38.8 Å². The predicted octanol–water partition coefficient (Wildman–Crippen LogP) is 1.54. The van der Waals surface area contributed by atoms with Crippen LogP contribution in [0.2, 0.25) is 0 Å². The summed E-state index contributed by atoms with van der Waals surface area (Å²) in [5.74, 6) is 1.42. The molecule has 0 saturated carbocycles. The van der Waals surface area contributed by atoms with Gasteiger partial charge in [-0.3, -0.25) is 0 Å². The summed E-state index contributed by atoms with van der Waals surface area (Å²) < 4.78 is 10.7. The highest BCUT2D eigenvalue weighted by Gasteiger charge is 1.93. The third-order valence-electron chi connectivity index (χ3n) is 1.75.